The monoisotopic (exact) mass is 501 g/mol. The number of halogens is 1. The quantitative estimate of drug-likeness (QED) is 0.519. The fraction of sp³-hybridized carbons (Fsp3) is 0.423. The number of carboxylic acids is 1. The minimum Gasteiger partial charge on any atom is -0.481 e. The lowest BCUT2D eigenvalue weighted by molar-refractivity contribution is -0.146. The van der Waals surface area contributed by atoms with Gasteiger partial charge in [0.2, 0.25) is 5.91 Å². The first-order chi connectivity index (χ1) is 16.4. The van der Waals surface area contributed by atoms with Crippen molar-refractivity contribution in [2.75, 3.05) is 5.32 Å². The summed E-state index contributed by atoms with van der Waals surface area (Å²) in [4.78, 5) is 39.9. The minimum absolute atomic E-state index is 0.198. The van der Waals surface area contributed by atoms with E-state index in [1.165, 1.54) is 0 Å². The molecule has 0 unspecified atom stereocenters. The van der Waals surface area contributed by atoms with Gasteiger partial charge in [-0.15, -0.1) is 0 Å². The summed E-state index contributed by atoms with van der Waals surface area (Å²) in [5.41, 5.74) is 1.87. The highest BCUT2D eigenvalue weighted by Gasteiger charge is 2.39. The molecule has 1 aliphatic rings. The zero-order valence-electron chi connectivity index (χ0n) is 20.4. The number of nitrogens with one attached hydrogen (secondary N) is 2. The zero-order chi connectivity index (χ0) is 25.8. The molecule has 3 amide bonds. The first kappa shape index (κ1) is 26.5. The van der Waals surface area contributed by atoms with Crippen molar-refractivity contribution in [2.45, 2.75) is 70.9 Å². The second-order valence-electron chi connectivity index (χ2n) is 9.71. The van der Waals surface area contributed by atoms with E-state index in [2.05, 4.69) is 10.6 Å². The van der Waals surface area contributed by atoms with Gasteiger partial charge in [0.25, 0.3) is 0 Å². The van der Waals surface area contributed by atoms with Crippen LogP contribution >= 0.6 is 11.6 Å². The summed E-state index contributed by atoms with van der Waals surface area (Å²) >= 11 is 6.01. The van der Waals surface area contributed by atoms with Gasteiger partial charge in [-0.3, -0.25) is 9.59 Å². The number of carbonyl (C=O) groups excluding carboxylic acids is 2. The molecule has 0 radical (unpaired) electrons. The van der Waals surface area contributed by atoms with E-state index in [1.54, 1.807) is 36.1 Å². The molecule has 35 heavy (non-hydrogen) atoms. The van der Waals surface area contributed by atoms with Crippen molar-refractivity contribution in [3.63, 3.8) is 0 Å². The summed E-state index contributed by atoms with van der Waals surface area (Å²) in [7, 11) is 0. The van der Waals surface area contributed by atoms with Gasteiger partial charge in [-0.1, -0.05) is 41.9 Å². The molecule has 188 valence electrons. The van der Waals surface area contributed by atoms with Gasteiger partial charge >= 0.3 is 12.0 Å². The van der Waals surface area contributed by atoms with E-state index in [4.69, 9.17) is 16.3 Å². The van der Waals surface area contributed by atoms with Crippen LogP contribution in [0.4, 0.5) is 10.5 Å². The van der Waals surface area contributed by atoms with Crippen molar-refractivity contribution in [3.05, 3.63) is 64.7 Å². The number of benzene rings is 2. The van der Waals surface area contributed by atoms with Gasteiger partial charge in [-0.05, 0) is 63.4 Å². The predicted octanol–water partition coefficient (Wildman–Crippen LogP) is 4.46. The Morgan fingerprint density at radius 3 is 2.46 bits per heavy atom. The number of anilines is 1. The highest BCUT2D eigenvalue weighted by Crippen LogP contribution is 2.27. The zero-order valence-corrected chi connectivity index (χ0v) is 21.1. The van der Waals surface area contributed by atoms with E-state index in [1.807, 2.05) is 45.0 Å². The van der Waals surface area contributed by atoms with Crippen LogP contribution in [-0.4, -0.2) is 51.7 Å². The molecule has 0 spiro atoms. The summed E-state index contributed by atoms with van der Waals surface area (Å²) in [6.45, 7) is 7.56. The minimum atomic E-state index is -1.05. The Morgan fingerprint density at radius 2 is 1.83 bits per heavy atom. The molecule has 1 heterocycles. The Bertz CT molecular complexity index is 1080. The second-order valence-corrected chi connectivity index (χ2v) is 10.1. The van der Waals surface area contributed by atoms with E-state index in [-0.39, 0.29) is 13.0 Å². The maximum absolute atomic E-state index is 13.9. The molecule has 3 N–H and O–H groups in total. The van der Waals surface area contributed by atoms with E-state index in [9.17, 15) is 19.5 Å². The van der Waals surface area contributed by atoms with E-state index in [0.717, 1.165) is 11.1 Å². The van der Waals surface area contributed by atoms with Crippen molar-refractivity contribution in [3.8, 4) is 0 Å². The molecule has 1 aliphatic heterocycles. The van der Waals surface area contributed by atoms with Gasteiger partial charge < -0.3 is 25.4 Å². The Kier molecular flexibility index (Phi) is 8.40. The van der Waals surface area contributed by atoms with Crippen molar-refractivity contribution >= 4 is 35.2 Å². The van der Waals surface area contributed by atoms with Crippen LogP contribution in [0.15, 0.2) is 48.5 Å². The Labute approximate surface area is 210 Å². The van der Waals surface area contributed by atoms with Crippen molar-refractivity contribution < 1.29 is 24.2 Å². The number of fused-ring (bicyclic) bond motifs is 1. The van der Waals surface area contributed by atoms with E-state index in [0.29, 0.717) is 17.1 Å². The molecule has 0 fully saturated rings. The average Bonchev–Trinajstić information content (AvgIpc) is 2.75. The lowest BCUT2D eigenvalue weighted by Crippen LogP contribution is -2.59. The number of aliphatic carboxylic acids is 1. The molecule has 3 atom stereocenters. The number of carbonyl (C=O) groups is 3. The third kappa shape index (κ3) is 7.44. The van der Waals surface area contributed by atoms with Gasteiger partial charge in [0.05, 0.1) is 18.1 Å². The molecule has 3 rings (SSSR count). The first-order valence-corrected chi connectivity index (χ1v) is 11.9. The summed E-state index contributed by atoms with van der Waals surface area (Å²) in [5, 5.41) is 15.4. The van der Waals surface area contributed by atoms with Crippen LogP contribution in [0.3, 0.4) is 0 Å². The van der Waals surface area contributed by atoms with Crippen LogP contribution < -0.4 is 10.6 Å². The Balaban J connectivity index is 1.87. The summed E-state index contributed by atoms with van der Waals surface area (Å²) < 4.78 is 6.04. The standard InChI is InChI=1S/C26H32ClN3O5/c1-16(35-26(2,3)4)23(29-25(34)28-20-11-7-10-19(27)13-20)24(33)30-15-18-9-6-5-8-17(18)12-21(30)14-22(31)32/h5-11,13,16,21,23H,12,14-15H2,1-4H3,(H,31,32)(H2,28,29,34)/t16-,21-,23+/m1/s1. The predicted molar refractivity (Wildman–Crippen MR) is 134 cm³/mol. The maximum Gasteiger partial charge on any atom is 0.319 e. The molecule has 0 saturated carbocycles. The fourth-order valence-electron chi connectivity index (χ4n) is 4.29. The number of hydrogen-bond donors (Lipinski definition) is 3. The maximum atomic E-state index is 13.9. The van der Waals surface area contributed by atoms with Gasteiger partial charge in [0.15, 0.2) is 0 Å². The first-order valence-electron chi connectivity index (χ1n) is 11.5. The number of urea groups is 1. The lowest BCUT2D eigenvalue weighted by atomic mass is 9.91. The average molecular weight is 502 g/mol. The number of rotatable bonds is 7. The number of hydrogen-bond acceptors (Lipinski definition) is 4. The van der Waals surface area contributed by atoms with E-state index >= 15 is 0 Å². The second kappa shape index (κ2) is 11.1. The number of carboxylic acid groups (broad SMARTS) is 1. The van der Waals surface area contributed by atoms with Crippen LogP contribution in [0, 0.1) is 0 Å². The molecule has 0 saturated heterocycles. The number of ether oxygens (including phenoxy) is 1. The lowest BCUT2D eigenvalue weighted by Gasteiger charge is -2.40. The van der Waals surface area contributed by atoms with Crippen LogP contribution in [0.1, 0.15) is 45.2 Å². The Morgan fingerprint density at radius 1 is 1.14 bits per heavy atom. The largest absolute Gasteiger partial charge is 0.481 e. The topological polar surface area (TPSA) is 108 Å². The third-order valence-electron chi connectivity index (χ3n) is 5.69. The van der Waals surface area contributed by atoms with Gasteiger partial charge in [-0.25, -0.2) is 4.79 Å². The summed E-state index contributed by atoms with van der Waals surface area (Å²) in [6.07, 6.45) is -0.463. The van der Waals surface area contributed by atoms with Crippen molar-refractivity contribution in [2.24, 2.45) is 0 Å². The SMILES string of the molecule is C[C@@H](OC(C)(C)C)[C@H](NC(=O)Nc1cccc(Cl)c1)C(=O)N1Cc2ccccc2C[C@@H]1CC(=O)O. The normalized spacial score (nSPS) is 17.2. The molecular formula is C26H32ClN3O5. The third-order valence-corrected chi connectivity index (χ3v) is 5.93. The van der Waals surface area contributed by atoms with Crippen LogP contribution in [0.5, 0.6) is 0 Å². The van der Waals surface area contributed by atoms with Crippen LogP contribution in [0.25, 0.3) is 0 Å². The Hall–Kier alpha value is -3.10. The number of nitrogens with zero attached hydrogens (tertiary/aromatic N) is 1. The van der Waals surface area contributed by atoms with Gasteiger partial charge in [-0.2, -0.15) is 0 Å². The van der Waals surface area contributed by atoms with Crippen molar-refractivity contribution in [1.29, 1.82) is 0 Å². The molecule has 2 aromatic carbocycles. The smallest absolute Gasteiger partial charge is 0.319 e. The highest BCUT2D eigenvalue weighted by atomic mass is 35.5. The number of amides is 3. The summed E-state index contributed by atoms with van der Waals surface area (Å²) in [6, 6.07) is 12.1. The molecule has 0 bridgehead atoms. The molecular weight excluding hydrogens is 470 g/mol. The fourth-order valence-corrected chi connectivity index (χ4v) is 4.48. The summed E-state index contributed by atoms with van der Waals surface area (Å²) in [5.74, 6) is -1.39. The molecule has 2 aromatic rings. The van der Waals surface area contributed by atoms with E-state index < -0.39 is 41.7 Å². The molecule has 0 aromatic heterocycles. The molecule has 8 nitrogen and oxygen atoms in total. The molecule has 0 aliphatic carbocycles. The van der Waals surface area contributed by atoms with Crippen LogP contribution in [0.2, 0.25) is 5.02 Å². The highest BCUT2D eigenvalue weighted by molar-refractivity contribution is 6.30. The molecule has 9 heteroatoms. The van der Waals surface area contributed by atoms with Crippen LogP contribution in [-0.2, 0) is 27.3 Å². The van der Waals surface area contributed by atoms with Crippen molar-refractivity contribution in [1.82, 2.24) is 10.2 Å². The van der Waals surface area contributed by atoms with Gasteiger partial charge in [0, 0.05) is 23.3 Å². The van der Waals surface area contributed by atoms with Gasteiger partial charge in [0.1, 0.15) is 6.04 Å².